The lowest BCUT2D eigenvalue weighted by Crippen LogP contribution is -2.11. The predicted molar refractivity (Wildman–Crippen MR) is 80.2 cm³/mol. The van der Waals surface area contributed by atoms with Crippen LogP contribution in [-0.2, 0) is 18.2 Å². The molecule has 2 aromatic heterocycles. The Balaban J connectivity index is 2.14. The van der Waals surface area contributed by atoms with Crippen LogP contribution in [0.2, 0.25) is 0 Å². The van der Waals surface area contributed by atoms with Gasteiger partial charge >= 0.3 is 5.97 Å². The molecule has 0 amide bonds. The molecule has 0 aliphatic carbocycles. The third-order valence-electron chi connectivity index (χ3n) is 2.99. The molecule has 0 radical (unpaired) electrons. The minimum absolute atomic E-state index is 0.161. The summed E-state index contributed by atoms with van der Waals surface area (Å²) in [7, 11) is 3.20. The summed E-state index contributed by atoms with van der Waals surface area (Å²) >= 11 is 1.15. The highest BCUT2D eigenvalue weighted by Crippen LogP contribution is 2.35. The maximum Gasteiger partial charge on any atom is 0.343 e. The molecule has 0 bridgehead atoms. The first kappa shape index (κ1) is 14.9. The molecule has 21 heavy (non-hydrogen) atoms. The topological polar surface area (TPSA) is 106 Å². The van der Waals surface area contributed by atoms with Gasteiger partial charge in [0, 0.05) is 32.4 Å². The summed E-state index contributed by atoms with van der Waals surface area (Å²) < 4.78 is 6.63. The maximum absolute atomic E-state index is 11.8. The molecule has 0 aliphatic heterocycles. The van der Waals surface area contributed by atoms with Crippen LogP contribution in [0.1, 0.15) is 21.1 Å². The summed E-state index contributed by atoms with van der Waals surface area (Å²) in [6.07, 6.45) is 4.28. The van der Waals surface area contributed by atoms with Gasteiger partial charge in [-0.3, -0.25) is 0 Å². The molecular formula is C13H15N5O2S. The number of ether oxygens (including phenoxy) is 1. The average molecular weight is 305 g/mol. The quantitative estimate of drug-likeness (QED) is 0.808. The second kappa shape index (κ2) is 6.28. The van der Waals surface area contributed by atoms with E-state index in [0.29, 0.717) is 22.8 Å². The molecule has 110 valence electrons. The first-order chi connectivity index (χ1) is 10.1. The van der Waals surface area contributed by atoms with Crippen molar-refractivity contribution in [3.05, 3.63) is 28.7 Å². The van der Waals surface area contributed by atoms with Gasteiger partial charge in [-0.2, -0.15) is 5.26 Å². The third-order valence-corrected chi connectivity index (χ3v) is 4.06. The molecule has 8 heteroatoms. The Bertz CT molecular complexity index is 698. The molecule has 0 spiro atoms. The van der Waals surface area contributed by atoms with Gasteiger partial charge in [0.1, 0.15) is 27.3 Å². The number of methoxy groups -OCH3 is 1. The highest BCUT2D eigenvalue weighted by molar-refractivity contribution is 7.17. The van der Waals surface area contributed by atoms with E-state index in [-0.39, 0.29) is 11.3 Å². The number of anilines is 2. The van der Waals surface area contributed by atoms with E-state index in [2.05, 4.69) is 10.3 Å². The van der Waals surface area contributed by atoms with Crippen LogP contribution in [0.4, 0.5) is 10.7 Å². The number of aromatic nitrogens is 2. The van der Waals surface area contributed by atoms with Crippen molar-refractivity contribution in [3.8, 4) is 6.07 Å². The third kappa shape index (κ3) is 2.98. The van der Waals surface area contributed by atoms with Gasteiger partial charge in [-0.15, -0.1) is 11.3 Å². The SMILES string of the molecule is COC(=O)c1c(NCCc2nccn2C)sc(C#N)c1N. The summed E-state index contributed by atoms with van der Waals surface area (Å²) in [6, 6.07) is 1.98. The largest absolute Gasteiger partial charge is 0.465 e. The van der Waals surface area contributed by atoms with Crippen LogP contribution in [0, 0.1) is 11.3 Å². The molecule has 3 N–H and O–H groups in total. The number of nitrogen functional groups attached to an aromatic ring is 1. The van der Waals surface area contributed by atoms with Crippen molar-refractivity contribution in [1.29, 1.82) is 5.26 Å². The van der Waals surface area contributed by atoms with E-state index in [0.717, 1.165) is 17.2 Å². The number of carbonyl (C=O) groups excluding carboxylic acids is 1. The lowest BCUT2D eigenvalue weighted by molar-refractivity contribution is 0.0603. The number of thiophene rings is 1. The number of esters is 1. The van der Waals surface area contributed by atoms with E-state index in [1.54, 1.807) is 6.20 Å². The number of nitrogens with zero attached hydrogens (tertiary/aromatic N) is 3. The minimum Gasteiger partial charge on any atom is -0.465 e. The number of hydrogen-bond acceptors (Lipinski definition) is 7. The van der Waals surface area contributed by atoms with Crippen LogP contribution < -0.4 is 11.1 Å². The molecule has 2 heterocycles. The van der Waals surface area contributed by atoms with Gasteiger partial charge in [-0.25, -0.2) is 9.78 Å². The molecule has 7 nitrogen and oxygen atoms in total. The maximum atomic E-state index is 11.8. The van der Waals surface area contributed by atoms with Crippen molar-refractivity contribution in [2.24, 2.45) is 7.05 Å². The van der Waals surface area contributed by atoms with Gasteiger partial charge in [0.05, 0.1) is 12.8 Å². The molecule has 0 fully saturated rings. The highest BCUT2D eigenvalue weighted by Gasteiger charge is 2.22. The van der Waals surface area contributed by atoms with Gasteiger partial charge in [0.15, 0.2) is 0 Å². The number of carbonyl (C=O) groups is 1. The number of aryl methyl sites for hydroxylation is 1. The zero-order valence-corrected chi connectivity index (χ0v) is 12.5. The standard InChI is InChI=1S/C13H15N5O2S/c1-18-6-5-16-9(18)3-4-17-12-10(13(19)20-2)11(15)8(7-14)21-12/h5-6,17H,3-4,15H2,1-2H3. The number of nitrogens with one attached hydrogen (secondary N) is 1. The van der Waals surface area contributed by atoms with Crippen LogP contribution in [-0.4, -0.2) is 29.2 Å². The Kier molecular flexibility index (Phi) is 4.45. The number of hydrogen-bond donors (Lipinski definition) is 2. The normalized spacial score (nSPS) is 10.1. The fraction of sp³-hybridized carbons (Fsp3) is 0.308. The number of nitriles is 1. The Morgan fingerprint density at radius 2 is 2.43 bits per heavy atom. The second-order valence-corrected chi connectivity index (χ2v) is 5.30. The monoisotopic (exact) mass is 305 g/mol. The predicted octanol–water partition coefficient (Wildman–Crippen LogP) is 1.38. The molecule has 0 unspecified atom stereocenters. The van der Waals surface area contributed by atoms with E-state index in [1.807, 2.05) is 23.9 Å². The minimum atomic E-state index is -0.551. The molecule has 0 aromatic carbocycles. The molecule has 2 aromatic rings. The van der Waals surface area contributed by atoms with E-state index >= 15 is 0 Å². The Morgan fingerprint density at radius 1 is 1.67 bits per heavy atom. The fourth-order valence-corrected chi connectivity index (χ4v) is 2.81. The van der Waals surface area contributed by atoms with Crippen molar-refractivity contribution in [1.82, 2.24) is 9.55 Å². The van der Waals surface area contributed by atoms with Crippen molar-refractivity contribution >= 4 is 28.0 Å². The van der Waals surface area contributed by atoms with Gasteiger partial charge in [0.25, 0.3) is 0 Å². The number of rotatable bonds is 5. The zero-order valence-electron chi connectivity index (χ0n) is 11.7. The Labute approximate surface area is 126 Å². The number of nitrogens with two attached hydrogens (primary N) is 1. The van der Waals surface area contributed by atoms with Crippen molar-refractivity contribution in [2.45, 2.75) is 6.42 Å². The van der Waals surface area contributed by atoms with E-state index in [1.165, 1.54) is 7.11 Å². The molecule has 0 saturated carbocycles. The summed E-state index contributed by atoms with van der Waals surface area (Å²) in [5, 5.41) is 12.7. The first-order valence-corrected chi connectivity index (χ1v) is 7.00. The van der Waals surface area contributed by atoms with Crippen molar-refractivity contribution in [2.75, 3.05) is 24.7 Å². The van der Waals surface area contributed by atoms with Crippen molar-refractivity contribution in [3.63, 3.8) is 0 Å². The summed E-state index contributed by atoms with van der Waals surface area (Å²) in [5.41, 5.74) is 6.19. The molecule has 0 atom stereocenters. The fourth-order valence-electron chi connectivity index (χ4n) is 1.88. The van der Waals surface area contributed by atoms with Crippen LogP contribution in [0.3, 0.4) is 0 Å². The summed E-state index contributed by atoms with van der Waals surface area (Å²) in [5.74, 6) is 0.372. The van der Waals surface area contributed by atoms with Crippen LogP contribution in [0.25, 0.3) is 0 Å². The number of imidazole rings is 1. The smallest absolute Gasteiger partial charge is 0.343 e. The Hall–Kier alpha value is -2.53. The Morgan fingerprint density at radius 3 is 3.00 bits per heavy atom. The van der Waals surface area contributed by atoms with Crippen molar-refractivity contribution < 1.29 is 9.53 Å². The van der Waals surface area contributed by atoms with Crippen LogP contribution in [0.5, 0.6) is 0 Å². The molecule has 0 aliphatic rings. The van der Waals surface area contributed by atoms with Crippen LogP contribution in [0.15, 0.2) is 12.4 Å². The first-order valence-electron chi connectivity index (χ1n) is 6.19. The second-order valence-electron chi connectivity index (χ2n) is 4.28. The highest BCUT2D eigenvalue weighted by atomic mass is 32.1. The lowest BCUT2D eigenvalue weighted by Gasteiger charge is -2.07. The van der Waals surface area contributed by atoms with E-state index in [9.17, 15) is 4.79 Å². The lowest BCUT2D eigenvalue weighted by atomic mass is 10.2. The van der Waals surface area contributed by atoms with E-state index in [4.69, 9.17) is 15.7 Å². The summed E-state index contributed by atoms with van der Waals surface area (Å²) in [4.78, 5) is 16.3. The molecule has 2 rings (SSSR count). The van der Waals surface area contributed by atoms with Gasteiger partial charge in [-0.1, -0.05) is 0 Å². The molecule has 0 saturated heterocycles. The van der Waals surface area contributed by atoms with Crippen LogP contribution >= 0.6 is 11.3 Å². The van der Waals surface area contributed by atoms with Gasteiger partial charge in [0.2, 0.25) is 0 Å². The van der Waals surface area contributed by atoms with Gasteiger partial charge in [-0.05, 0) is 0 Å². The zero-order chi connectivity index (χ0) is 15.4. The van der Waals surface area contributed by atoms with Gasteiger partial charge < -0.3 is 20.4 Å². The summed E-state index contributed by atoms with van der Waals surface area (Å²) in [6.45, 7) is 0.569. The molecular weight excluding hydrogens is 290 g/mol. The average Bonchev–Trinajstić information content (AvgIpc) is 3.02. The van der Waals surface area contributed by atoms with E-state index < -0.39 is 5.97 Å².